The van der Waals surface area contributed by atoms with E-state index < -0.39 is 0 Å². The smallest absolute Gasteiger partial charge is 0.119 e. The Kier molecular flexibility index (Phi) is 6.13. The van der Waals surface area contributed by atoms with Crippen molar-refractivity contribution in [3.8, 4) is 5.75 Å². The van der Waals surface area contributed by atoms with Gasteiger partial charge in [-0.25, -0.2) is 0 Å². The Hall–Kier alpha value is -0.890. The molecule has 80 valence electrons. The summed E-state index contributed by atoms with van der Waals surface area (Å²) >= 11 is 0. The predicted octanol–water partition coefficient (Wildman–Crippen LogP) is 3.33. The van der Waals surface area contributed by atoms with Crippen molar-refractivity contribution in [3.05, 3.63) is 24.3 Å². The molecule has 1 aromatic rings. The van der Waals surface area contributed by atoms with Crippen molar-refractivity contribution < 1.29 is 4.74 Å². The molecule has 0 aliphatic heterocycles. The lowest BCUT2D eigenvalue weighted by atomic mass is 10.2. The van der Waals surface area contributed by atoms with E-state index in [-0.39, 0.29) is 12.4 Å². The summed E-state index contributed by atoms with van der Waals surface area (Å²) in [5, 5.41) is 3.39. The van der Waals surface area contributed by atoms with E-state index in [1.807, 2.05) is 24.3 Å². The number of rotatable bonds is 4. The van der Waals surface area contributed by atoms with E-state index in [2.05, 4.69) is 19.2 Å². The molecule has 0 spiro atoms. The van der Waals surface area contributed by atoms with Crippen LogP contribution in [-0.2, 0) is 0 Å². The van der Waals surface area contributed by atoms with Crippen molar-refractivity contribution in [1.29, 1.82) is 0 Å². The summed E-state index contributed by atoms with van der Waals surface area (Å²) < 4.78 is 5.07. The number of halogens is 1. The summed E-state index contributed by atoms with van der Waals surface area (Å²) in [6, 6.07) is 8.51. The molecule has 0 aliphatic carbocycles. The highest BCUT2D eigenvalue weighted by Gasteiger charge is 1.98. The van der Waals surface area contributed by atoms with Crippen LogP contribution < -0.4 is 10.1 Å². The van der Waals surface area contributed by atoms with Crippen LogP contribution in [0.5, 0.6) is 5.75 Å². The fraction of sp³-hybridized carbons (Fsp3) is 0.455. The SMILES string of the molecule is CCC(C)Nc1ccc(OC)cc1.Cl. The lowest BCUT2D eigenvalue weighted by molar-refractivity contribution is 0.415. The second kappa shape index (κ2) is 6.55. The van der Waals surface area contributed by atoms with Crippen LogP contribution in [0.1, 0.15) is 20.3 Å². The fourth-order valence-corrected chi connectivity index (χ4v) is 1.07. The summed E-state index contributed by atoms with van der Waals surface area (Å²) in [5.41, 5.74) is 1.15. The third-order valence-electron chi connectivity index (χ3n) is 2.12. The molecule has 3 heteroatoms. The predicted molar refractivity (Wildman–Crippen MR) is 63.6 cm³/mol. The highest BCUT2D eigenvalue weighted by Crippen LogP contribution is 2.15. The third-order valence-corrected chi connectivity index (χ3v) is 2.12. The first-order chi connectivity index (χ1) is 6.26. The molecule has 0 amide bonds. The molecule has 0 radical (unpaired) electrons. The van der Waals surface area contributed by atoms with E-state index >= 15 is 0 Å². The molecule has 0 bridgehead atoms. The summed E-state index contributed by atoms with van der Waals surface area (Å²) in [6.07, 6.45) is 1.13. The van der Waals surface area contributed by atoms with Gasteiger partial charge in [-0.05, 0) is 37.6 Å². The summed E-state index contributed by atoms with van der Waals surface area (Å²) in [5.74, 6) is 0.898. The van der Waals surface area contributed by atoms with Gasteiger partial charge < -0.3 is 10.1 Å². The largest absolute Gasteiger partial charge is 0.497 e. The number of nitrogens with one attached hydrogen (secondary N) is 1. The minimum atomic E-state index is 0. The van der Waals surface area contributed by atoms with Crippen molar-refractivity contribution in [3.63, 3.8) is 0 Å². The zero-order valence-electron chi connectivity index (χ0n) is 8.91. The van der Waals surface area contributed by atoms with Gasteiger partial charge in [-0.2, -0.15) is 0 Å². The number of benzene rings is 1. The van der Waals surface area contributed by atoms with E-state index in [0.29, 0.717) is 6.04 Å². The Labute approximate surface area is 92.1 Å². The molecule has 0 aromatic heterocycles. The molecule has 0 aliphatic rings. The van der Waals surface area contributed by atoms with Crippen LogP contribution in [0.2, 0.25) is 0 Å². The molecular weight excluding hydrogens is 198 g/mol. The standard InChI is InChI=1S/C11H17NO.ClH/c1-4-9(2)12-10-5-7-11(13-3)8-6-10;/h5-9,12H,4H2,1-3H3;1H. The lowest BCUT2D eigenvalue weighted by Gasteiger charge is -2.12. The van der Waals surface area contributed by atoms with Crippen LogP contribution >= 0.6 is 12.4 Å². The Balaban J connectivity index is 0.00000169. The van der Waals surface area contributed by atoms with E-state index in [1.54, 1.807) is 7.11 Å². The number of ether oxygens (including phenoxy) is 1. The summed E-state index contributed by atoms with van der Waals surface area (Å²) in [7, 11) is 1.68. The molecule has 0 heterocycles. The van der Waals surface area contributed by atoms with Gasteiger partial charge in [0.15, 0.2) is 0 Å². The van der Waals surface area contributed by atoms with Gasteiger partial charge in [0, 0.05) is 11.7 Å². The fourth-order valence-electron chi connectivity index (χ4n) is 1.07. The quantitative estimate of drug-likeness (QED) is 0.832. The molecule has 1 aromatic carbocycles. The van der Waals surface area contributed by atoms with Crippen LogP contribution in [0.3, 0.4) is 0 Å². The maximum absolute atomic E-state index is 5.07. The molecule has 2 nitrogen and oxygen atoms in total. The van der Waals surface area contributed by atoms with Crippen molar-refractivity contribution in [2.45, 2.75) is 26.3 Å². The number of anilines is 1. The Morgan fingerprint density at radius 1 is 1.29 bits per heavy atom. The first-order valence-electron chi connectivity index (χ1n) is 4.67. The minimum Gasteiger partial charge on any atom is -0.497 e. The van der Waals surface area contributed by atoms with E-state index in [1.165, 1.54) is 0 Å². The molecule has 14 heavy (non-hydrogen) atoms. The third kappa shape index (κ3) is 3.88. The second-order valence-corrected chi connectivity index (χ2v) is 3.18. The highest BCUT2D eigenvalue weighted by atomic mass is 35.5. The monoisotopic (exact) mass is 215 g/mol. The molecule has 0 fully saturated rings. The number of methoxy groups -OCH3 is 1. The van der Waals surface area contributed by atoms with Crippen molar-refractivity contribution in [1.82, 2.24) is 0 Å². The van der Waals surface area contributed by atoms with Crippen LogP contribution in [0.4, 0.5) is 5.69 Å². The van der Waals surface area contributed by atoms with E-state index in [0.717, 1.165) is 17.9 Å². The number of hydrogen-bond acceptors (Lipinski definition) is 2. The maximum atomic E-state index is 5.07. The Bertz CT molecular complexity index is 248. The molecule has 1 N–H and O–H groups in total. The average Bonchev–Trinajstić information content (AvgIpc) is 2.19. The van der Waals surface area contributed by atoms with Crippen molar-refractivity contribution >= 4 is 18.1 Å². The molecular formula is C11H18ClNO. The van der Waals surface area contributed by atoms with Gasteiger partial charge in [0.1, 0.15) is 5.75 Å². The van der Waals surface area contributed by atoms with Gasteiger partial charge in [-0.1, -0.05) is 6.92 Å². The van der Waals surface area contributed by atoms with Gasteiger partial charge in [-0.3, -0.25) is 0 Å². The molecule has 1 rings (SSSR count). The first kappa shape index (κ1) is 13.1. The first-order valence-corrected chi connectivity index (χ1v) is 4.67. The topological polar surface area (TPSA) is 21.3 Å². The normalized spacial score (nSPS) is 11.4. The zero-order chi connectivity index (χ0) is 9.68. The van der Waals surface area contributed by atoms with Crippen molar-refractivity contribution in [2.75, 3.05) is 12.4 Å². The number of hydrogen-bond donors (Lipinski definition) is 1. The highest BCUT2D eigenvalue weighted by molar-refractivity contribution is 5.85. The second-order valence-electron chi connectivity index (χ2n) is 3.18. The van der Waals surface area contributed by atoms with Gasteiger partial charge in [-0.15, -0.1) is 12.4 Å². The maximum Gasteiger partial charge on any atom is 0.119 e. The molecule has 1 atom stereocenters. The van der Waals surface area contributed by atoms with Crippen LogP contribution in [-0.4, -0.2) is 13.2 Å². The molecule has 0 saturated heterocycles. The van der Waals surface area contributed by atoms with Crippen molar-refractivity contribution in [2.24, 2.45) is 0 Å². The summed E-state index contributed by atoms with van der Waals surface area (Å²) in [6.45, 7) is 4.34. The van der Waals surface area contributed by atoms with E-state index in [4.69, 9.17) is 4.74 Å². The van der Waals surface area contributed by atoms with Gasteiger partial charge in [0.2, 0.25) is 0 Å². The van der Waals surface area contributed by atoms with Crippen LogP contribution in [0, 0.1) is 0 Å². The van der Waals surface area contributed by atoms with Gasteiger partial charge in [0.05, 0.1) is 7.11 Å². The average molecular weight is 216 g/mol. The Morgan fingerprint density at radius 3 is 2.29 bits per heavy atom. The Morgan fingerprint density at radius 2 is 1.86 bits per heavy atom. The zero-order valence-corrected chi connectivity index (χ0v) is 9.73. The van der Waals surface area contributed by atoms with E-state index in [9.17, 15) is 0 Å². The molecule has 0 saturated carbocycles. The summed E-state index contributed by atoms with van der Waals surface area (Å²) in [4.78, 5) is 0. The lowest BCUT2D eigenvalue weighted by Crippen LogP contribution is -2.12. The van der Waals surface area contributed by atoms with Crippen LogP contribution in [0.15, 0.2) is 24.3 Å². The van der Waals surface area contributed by atoms with Gasteiger partial charge >= 0.3 is 0 Å². The minimum absolute atomic E-state index is 0. The molecule has 1 unspecified atom stereocenters. The van der Waals surface area contributed by atoms with Gasteiger partial charge in [0.25, 0.3) is 0 Å². The van der Waals surface area contributed by atoms with Crippen LogP contribution in [0.25, 0.3) is 0 Å².